The lowest BCUT2D eigenvalue weighted by Gasteiger charge is -2.16. The topological polar surface area (TPSA) is 156 Å². The predicted molar refractivity (Wildman–Crippen MR) is 195 cm³/mol. The summed E-state index contributed by atoms with van der Waals surface area (Å²) in [5, 5.41) is 19.4. The van der Waals surface area contributed by atoms with Gasteiger partial charge in [0, 0.05) is 79.4 Å². The summed E-state index contributed by atoms with van der Waals surface area (Å²) >= 11 is 14.1. The van der Waals surface area contributed by atoms with E-state index in [2.05, 4.69) is 20.9 Å². The van der Waals surface area contributed by atoms with Gasteiger partial charge in [0.15, 0.2) is 0 Å². The smallest absolute Gasteiger partial charge is 0.323 e. The fourth-order valence-electron chi connectivity index (χ4n) is 6.01. The van der Waals surface area contributed by atoms with Crippen molar-refractivity contribution in [3.8, 4) is 39.4 Å². The van der Waals surface area contributed by atoms with Gasteiger partial charge in [0.25, 0.3) is 5.56 Å². The Kier molecular flexibility index (Phi) is 10.9. The van der Waals surface area contributed by atoms with Crippen molar-refractivity contribution in [3.05, 3.63) is 105 Å². The third kappa shape index (κ3) is 7.90. The maximum atomic E-state index is 13.2. The van der Waals surface area contributed by atoms with Crippen LogP contribution in [0.15, 0.2) is 77.9 Å². The molecule has 12 nitrogen and oxygen atoms in total. The van der Waals surface area contributed by atoms with Crippen LogP contribution < -0.4 is 26.2 Å². The molecule has 2 aromatic carbocycles. The van der Waals surface area contributed by atoms with Crippen LogP contribution in [-0.2, 0) is 27.4 Å². The van der Waals surface area contributed by atoms with Crippen molar-refractivity contribution in [1.82, 2.24) is 30.3 Å². The van der Waals surface area contributed by atoms with Gasteiger partial charge < -0.3 is 25.2 Å². The lowest BCUT2D eigenvalue weighted by Crippen LogP contribution is -2.41. The van der Waals surface area contributed by atoms with E-state index in [1.807, 2.05) is 48.5 Å². The van der Waals surface area contributed by atoms with Crippen molar-refractivity contribution in [2.24, 2.45) is 0 Å². The van der Waals surface area contributed by atoms with E-state index in [9.17, 15) is 19.5 Å². The number of ether oxygens (including phenoxy) is 2. The minimum Gasteiger partial charge on any atom is -0.481 e. The fourth-order valence-corrected chi connectivity index (χ4v) is 6.67. The second kappa shape index (κ2) is 16.0. The number of rotatable bonds is 14. The number of hydrogen-bond acceptors (Lipinski definition) is 9. The van der Waals surface area contributed by atoms with Crippen molar-refractivity contribution in [2.75, 3.05) is 27.3 Å². The number of amides is 1. The number of carboxylic acid groups (broad SMARTS) is 1. The number of halogens is 2. The zero-order chi connectivity index (χ0) is 36.8. The van der Waals surface area contributed by atoms with Gasteiger partial charge in [0.05, 0.1) is 36.4 Å². The van der Waals surface area contributed by atoms with Crippen molar-refractivity contribution in [1.29, 1.82) is 0 Å². The number of pyridine rings is 2. The van der Waals surface area contributed by atoms with Gasteiger partial charge >= 0.3 is 5.97 Å². The highest BCUT2D eigenvalue weighted by atomic mass is 35.5. The third-order valence-corrected chi connectivity index (χ3v) is 9.51. The lowest BCUT2D eigenvalue weighted by molar-refractivity contribution is -0.140. The molecule has 5 aromatic rings. The number of methoxy groups -OCH3 is 2. The Morgan fingerprint density at radius 2 is 1.80 bits per heavy atom. The number of aromatic nitrogens is 3. The molecule has 2 atom stereocenters. The molecule has 51 heavy (non-hydrogen) atoms. The van der Waals surface area contributed by atoms with Gasteiger partial charge in [-0.05, 0) is 30.2 Å². The van der Waals surface area contributed by atoms with Crippen LogP contribution in [0.3, 0.4) is 0 Å². The van der Waals surface area contributed by atoms with E-state index in [1.165, 1.54) is 10.6 Å². The fraction of sp³-hybridized carbons (Fsp3) is 0.270. The SMILES string of the molecule is [2H]COC[C@H](NCc1cnc2cc(-c3cccc(-c4cccc(-c5ccc(CNC[C@@H]6CCC(=O)N6)c(OC)n5)c4Cl)c3Cl)ccn2c1=O)C(=O)O. The Labute approximate surface area is 305 Å². The molecule has 0 bridgehead atoms. The average molecular weight is 733 g/mol. The Morgan fingerprint density at radius 1 is 1.06 bits per heavy atom. The summed E-state index contributed by atoms with van der Waals surface area (Å²) in [5.41, 5.74) is 5.33. The number of aliphatic carboxylic acids is 1. The largest absolute Gasteiger partial charge is 0.481 e. The Hall–Kier alpha value is -4.85. The van der Waals surface area contributed by atoms with Crippen LogP contribution in [0.1, 0.15) is 25.3 Å². The number of carbonyl (C=O) groups excluding carboxylic acids is 1. The molecule has 3 aromatic heterocycles. The maximum absolute atomic E-state index is 13.2. The van der Waals surface area contributed by atoms with Gasteiger partial charge in [0.2, 0.25) is 11.8 Å². The van der Waals surface area contributed by atoms with Crippen LogP contribution in [-0.4, -0.2) is 70.8 Å². The predicted octanol–water partition coefficient (Wildman–Crippen LogP) is 4.96. The molecule has 4 heterocycles. The first-order valence-electron chi connectivity index (χ1n) is 16.8. The molecular formula is C37H36Cl2N6O6. The first-order valence-corrected chi connectivity index (χ1v) is 16.9. The highest BCUT2D eigenvalue weighted by molar-refractivity contribution is 6.39. The summed E-state index contributed by atoms with van der Waals surface area (Å²) < 4.78 is 19.0. The molecule has 0 saturated carbocycles. The Bertz CT molecular complexity index is 2180. The first-order chi connectivity index (χ1) is 25.2. The van der Waals surface area contributed by atoms with Gasteiger partial charge in [-0.2, -0.15) is 0 Å². The van der Waals surface area contributed by atoms with Crippen molar-refractivity contribution in [2.45, 2.75) is 38.0 Å². The van der Waals surface area contributed by atoms with E-state index in [1.54, 1.807) is 25.4 Å². The van der Waals surface area contributed by atoms with Crippen LogP contribution in [0.25, 0.3) is 39.2 Å². The molecule has 1 saturated heterocycles. The highest BCUT2D eigenvalue weighted by Gasteiger charge is 2.21. The number of carbonyl (C=O) groups is 2. The Morgan fingerprint density at radius 3 is 2.51 bits per heavy atom. The summed E-state index contributed by atoms with van der Waals surface area (Å²) in [6.45, 7) is 0.919. The molecule has 4 N–H and O–H groups in total. The normalized spacial score (nSPS) is 15.1. The molecular weight excluding hydrogens is 695 g/mol. The van der Waals surface area contributed by atoms with E-state index in [-0.39, 0.29) is 43.3 Å². The molecule has 0 radical (unpaired) electrons. The van der Waals surface area contributed by atoms with Gasteiger partial charge in [0.1, 0.15) is 11.7 Å². The molecule has 1 amide bonds. The molecule has 0 unspecified atom stereocenters. The van der Waals surface area contributed by atoms with E-state index in [4.69, 9.17) is 39.0 Å². The van der Waals surface area contributed by atoms with Crippen molar-refractivity contribution in [3.63, 3.8) is 0 Å². The molecule has 264 valence electrons. The maximum Gasteiger partial charge on any atom is 0.323 e. The average Bonchev–Trinajstić information content (AvgIpc) is 3.57. The molecule has 6 rings (SSSR count). The number of hydrogen-bond donors (Lipinski definition) is 4. The molecule has 1 fully saturated rings. The summed E-state index contributed by atoms with van der Waals surface area (Å²) in [6, 6.07) is 17.7. The zero-order valence-corrected chi connectivity index (χ0v) is 29.1. The molecule has 1 aliphatic heterocycles. The number of benzene rings is 2. The van der Waals surface area contributed by atoms with Gasteiger partial charge in [-0.15, -0.1) is 0 Å². The number of nitrogens with zero attached hydrogens (tertiary/aromatic N) is 3. The van der Waals surface area contributed by atoms with E-state index < -0.39 is 12.0 Å². The summed E-state index contributed by atoms with van der Waals surface area (Å²) in [5.74, 6) is -0.604. The second-order valence-corrected chi connectivity index (χ2v) is 12.8. The van der Waals surface area contributed by atoms with E-state index >= 15 is 0 Å². The monoisotopic (exact) mass is 731 g/mol. The number of fused-ring (bicyclic) bond motifs is 1. The lowest BCUT2D eigenvalue weighted by atomic mass is 9.97. The number of nitrogens with one attached hydrogen (secondary N) is 3. The van der Waals surface area contributed by atoms with Crippen LogP contribution in [0, 0.1) is 0 Å². The van der Waals surface area contributed by atoms with Crippen LogP contribution in [0.5, 0.6) is 5.88 Å². The minimum absolute atomic E-state index is 0.0471. The molecule has 0 spiro atoms. The van der Waals surface area contributed by atoms with Gasteiger partial charge in [-0.3, -0.25) is 24.1 Å². The summed E-state index contributed by atoms with van der Waals surface area (Å²) in [4.78, 5) is 45.5. The quantitative estimate of drug-likeness (QED) is 0.123. The summed E-state index contributed by atoms with van der Waals surface area (Å²) in [6.07, 6.45) is 4.37. The van der Waals surface area contributed by atoms with Gasteiger partial charge in [-0.1, -0.05) is 65.7 Å². The van der Waals surface area contributed by atoms with Crippen LogP contribution in [0.4, 0.5) is 0 Å². The summed E-state index contributed by atoms with van der Waals surface area (Å²) in [7, 11) is 1.20. The Balaban J connectivity index is 1.23. The third-order valence-electron chi connectivity index (χ3n) is 8.70. The second-order valence-electron chi connectivity index (χ2n) is 12.0. The van der Waals surface area contributed by atoms with E-state index in [0.717, 1.165) is 17.5 Å². The van der Waals surface area contributed by atoms with E-state index in [0.29, 0.717) is 69.0 Å². The van der Waals surface area contributed by atoms with Crippen molar-refractivity contribution >= 4 is 40.7 Å². The number of carboxylic acids is 1. The standard InChI is InChI=1S/C37H36Cl2N6O6/c1-50-20-30(37(48)49)41-17-23-18-42-31-15-21(13-14-45(31)36(23)47)25-5-3-6-26(33(25)38)27-7-4-8-28(34(27)39)29-11-9-22(35(44-29)51-2)16-40-19-24-10-12-32(46)43-24/h3-9,11,13-15,18,24,30,40-41H,10,12,16-17,19-20H2,1-2H3,(H,43,46)(H,48,49)/t24-,30-/m0/s1/i1D. The van der Waals surface area contributed by atoms with Crippen LogP contribution in [0.2, 0.25) is 10.0 Å². The van der Waals surface area contributed by atoms with Crippen LogP contribution >= 0.6 is 23.2 Å². The zero-order valence-electron chi connectivity index (χ0n) is 28.6. The van der Waals surface area contributed by atoms with Crippen molar-refractivity contribution < 1.29 is 25.5 Å². The first kappa shape index (κ1) is 34.6. The highest BCUT2D eigenvalue weighted by Crippen LogP contribution is 2.42. The molecule has 0 aliphatic carbocycles. The minimum atomic E-state index is -1.15. The van der Waals surface area contributed by atoms with Gasteiger partial charge in [-0.25, -0.2) is 9.97 Å². The molecule has 1 aliphatic rings. The molecule has 14 heteroatoms.